The minimum atomic E-state index is -0.689. The summed E-state index contributed by atoms with van der Waals surface area (Å²) in [4.78, 5) is 17.5. The average Bonchev–Trinajstić information content (AvgIpc) is 3.07. The van der Waals surface area contributed by atoms with Gasteiger partial charge in [0.2, 0.25) is 11.7 Å². The standard InChI is InChI=1S/C18H22FN3O3/c1-12-4-5-14(11-15(12)19)17-20-16(25-21-17)3-2-8-22-9-6-13(7-10-22)18(23)24/h4-5,11,13H,2-3,6-10H2,1H3,(H,23,24). The van der Waals surface area contributed by atoms with Crippen LogP contribution in [0.1, 0.15) is 30.7 Å². The number of carbonyl (C=O) groups is 1. The van der Waals surface area contributed by atoms with Crippen molar-refractivity contribution < 1.29 is 18.8 Å². The minimum Gasteiger partial charge on any atom is -0.481 e. The van der Waals surface area contributed by atoms with Crippen LogP contribution in [0.2, 0.25) is 0 Å². The van der Waals surface area contributed by atoms with E-state index in [-0.39, 0.29) is 11.7 Å². The normalized spacial score (nSPS) is 16.2. The highest BCUT2D eigenvalue weighted by Crippen LogP contribution is 2.20. The third kappa shape index (κ3) is 4.42. The number of aromatic nitrogens is 2. The van der Waals surface area contributed by atoms with Gasteiger partial charge >= 0.3 is 5.97 Å². The van der Waals surface area contributed by atoms with Gasteiger partial charge in [-0.2, -0.15) is 4.98 Å². The number of aliphatic carboxylic acids is 1. The van der Waals surface area contributed by atoms with Crippen molar-refractivity contribution in [1.29, 1.82) is 0 Å². The SMILES string of the molecule is Cc1ccc(-c2noc(CCCN3CCC(C(=O)O)CC3)n2)cc1F. The molecule has 0 unspecified atom stereocenters. The Hall–Kier alpha value is -2.28. The van der Waals surface area contributed by atoms with E-state index in [4.69, 9.17) is 9.63 Å². The number of aryl methyl sites for hydroxylation is 2. The van der Waals surface area contributed by atoms with Crippen molar-refractivity contribution in [3.8, 4) is 11.4 Å². The van der Waals surface area contributed by atoms with E-state index >= 15 is 0 Å². The van der Waals surface area contributed by atoms with Crippen LogP contribution in [0, 0.1) is 18.7 Å². The van der Waals surface area contributed by atoms with Gasteiger partial charge in [0.05, 0.1) is 5.92 Å². The van der Waals surface area contributed by atoms with Gasteiger partial charge in [-0.05, 0) is 57.5 Å². The van der Waals surface area contributed by atoms with E-state index in [9.17, 15) is 9.18 Å². The molecule has 7 heteroatoms. The summed E-state index contributed by atoms with van der Waals surface area (Å²) < 4.78 is 18.9. The van der Waals surface area contributed by atoms with E-state index in [0.717, 1.165) is 26.1 Å². The smallest absolute Gasteiger partial charge is 0.306 e. The molecule has 0 atom stereocenters. The van der Waals surface area contributed by atoms with E-state index in [1.54, 1.807) is 19.1 Å². The molecular weight excluding hydrogens is 325 g/mol. The third-order valence-corrected chi connectivity index (χ3v) is 4.70. The first-order valence-corrected chi connectivity index (χ1v) is 8.57. The largest absolute Gasteiger partial charge is 0.481 e. The topological polar surface area (TPSA) is 79.5 Å². The first-order chi connectivity index (χ1) is 12.0. The van der Waals surface area contributed by atoms with Gasteiger partial charge in [0.1, 0.15) is 5.82 Å². The molecule has 3 rings (SSSR count). The summed E-state index contributed by atoms with van der Waals surface area (Å²) in [6, 6.07) is 4.89. The molecule has 2 aromatic rings. The van der Waals surface area contributed by atoms with Crippen LogP contribution < -0.4 is 0 Å². The quantitative estimate of drug-likeness (QED) is 0.865. The molecule has 1 aliphatic rings. The lowest BCUT2D eigenvalue weighted by Crippen LogP contribution is -2.36. The van der Waals surface area contributed by atoms with E-state index in [0.29, 0.717) is 42.1 Å². The number of rotatable bonds is 6. The fourth-order valence-electron chi connectivity index (χ4n) is 3.06. The molecule has 2 heterocycles. The molecule has 134 valence electrons. The lowest BCUT2D eigenvalue weighted by molar-refractivity contribution is -0.143. The summed E-state index contributed by atoms with van der Waals surface area (Å²) in [5.74, 6) is -0.239. The first kappa shape index (κ1) is 17.5. The molecule has 25 heavy (non-hydrogen) atoms. The molecule has 0 aliphatic carbocycles. The number of carboxylic acids is 1. The maximum atomic E-state index is 13.6. The second-order valence-electron chi connectivity index (χ2n) is 6.53. The second-order valence-corrected chi connectivity index (χ2v) is 6.53. The van der Waals surface area contributed by atoms with Gasteiger partial charge in [0.15, 0.2) is 0 Å². The van der Waals surface area contributed by atoms with Crippen molar-refractivity contribution in [3.05, 3.63) is 35.5 Å². The van der Waals surface area contributed by atoms with Gasteiger partial charge in [0, 0.05) is 12.0 Å². The van der Waals surface area contributed by atoms with Crippen LogP contribution in [-0.2, 0) is 11.2 Å². The summed E-state index contributed by atoms with van der Waals surface area (Å²) in [6.07, 6.45) is 2.93. The number of piperidine rings is 1. The number of benzene rings is 1. The van der Waals surface area contributed by atoms with Crippen LogP contribution in [0.15, 0.2) is 22.7 Å². The van der Waals surface area contributed by atoms with Crippen LogP contribution >= 0.6 is 0 Å². The summed E-state index contributed by atoms with van der Waals surface area (Å²) in [6.45, 7) is 4.21. The molecular formula is C18H22FN3O3. The molecule has 0 spiro atoms. The Morgan fingerprint density at radius 3 is 2.84 bits per heavy atom. The van der Waals surface area contributed by atoms with Gasteiger partial charge in [-0.1, -0.05) is 17.3 Å². The highest BCUT2D eigenvalue weighted by Gasteiger charge is 2.24. The fourth-order valence-corrected chi connectivity index (χ4v) is 3.06. The van der Waals surface area contributed by atoms with Gasteiger partial charge in [0.25, 0.3) is 0 Å². The Morgan fingerprint density at radius 2 is 2.16 bits per heavy atom. The number of halogens is 1. The van der Waals surface area contributed by atoms with Gasteiger partial charge < -0.3 is 14.5 Å². The van der Waals surface area contributed by atoms with Crippen LogP contribution in [0.4, 0.5) is 4.39 Å². The lowest BCUT2D eigenvalue weighted by atomic mass is 9.97. The van der Waals surface area contributed by atoms with Gasteiger partial charge in [-0.15, -0.1) is 0 Å². The molecule has 1 fully saturated rings. The van der Waals surface area contributed by atoms with E-state index in [1.165, 1.54) is 6.07 Å². The molecule has 0 bridgehead atoms. The summed E-state index contributed by atoms with van der Waals surface area (Å²) >= 11 is 0. The molecule has 0 amide bonds. The maximum Gasteiger partial charge on any atom is 0.306 e. The zero-order chi connectivity index (χ0) is 17.8. The van der Waals surface area contributed by atoms with Crippen LogP contribution in [0.25, 0.3) is 11.4 Å². The number of nitrogens with zero attached hydrogens (tertiary/aromatic N) is 3. The Bertz CT molecular complexity index is 739. The first-order valence-electron chi connectivity index (χ1n) is 8.57. The summed E-state index contributed by atoms with van der Waals surface area (Å²) in [5, 5.41) is 12.9. The zero-order valence-electron chi connectivity index (χ0n) is 14.2. The van der Waals surface area contributed by atoms with Crippen LogP contribution in [0.5, 0.6) is 0 Å². The molecule has 6 nitrogen and oxygen atoms in total. The van der Waals surface area contributed by atoms with Gasteiger partial charge in [-0.3, -0.25) is 4.79 Å². The number of hydrogen-bond donors (Lipinski definition) is 1. The molecule has 1 aliphatic heterocycles. The monoisotopic (exact) mass is 347 g/mol. The zero-order valence-corrected chi connectivity index (χ0v) is 14.2. The number of likely N-dealkylation sites (tertiary alicyclic amines) is 1. The lowest BCUT2D eigenvalue weighted by Gasteiger charge is -2.29. The number of hydrogen-bond acceptors (Lipinski definition) is 5. The van der Waals surface area contributed by atoms with E-state index in [1.807, 2.05) is 0 Å². The van der Waals surface area contributed by atoms with E-state index < -0.39 is 5.97 Å². The van der Waals surface area contributed by atoms with Gasteiger partial charge in [-0.25, -0.2) is 4.39 Å². The van der Waals surface area contributed by atoms with Crippen molar-refractivity contribution >= 4 is 5.97 Å². The van der Waals surface area contributed by atoms with Crippen molar-refractivity contribution in [2.75, 3.05) is 19.6 Å². The molecule has 1 saturated heterocycles. The van der Waals surface area contributed by atoms with Crippen LogP contribution in [-0.4, -0.2) is 45.8 Å². The van der Waals surface area contributed by atoms with Crippen molar-refractivity contribution in [2.45, 2.75) is 32.6 Å². The Morgan fingerprint density at radius 1 is 1.40 bits per heavy atom. The molecule has 0 saturated carbocycles. The predicted octanol–water partition coefficient (Wildman–Crippen LogP) is 2.91. The fraction of sp³-hybridized carbons (Fsp3) is 0.500. The summed E-state index contributed by atoms with van der Waals surface area (Å²) in [5.41, 5.74) is 1.19. The average molecular weight is 347 g/mol. The maximum absolute atomic E-state index is 13.6. The summed E-state index contributed by atoms with van der Waals surface area (Å²) in [7, 11) is 0. The Kier molecular flexibility index (Phi) is 5.43. The van der Waals surface area contributed by atoms with Crippen molar-refractivity contribution in [1.82, 2.24) is 15.0 Å². The van der Waals surface area contributed by atoms with Crippen molar-refractivity contribution in [3.63, 3.8) is 0 Å². The Balaban J connectivity index is 1.48. The van der Waals surface area contributed by atoms with Crippen molar-refractivity contribution in [2.24, 2.45) is 5.92 Å². The van der Waals surface area contributed by atoms with Crippen LogP contribution in [0.3, 0.4) is 0 Å². The second kappa shape index (κ2) is 7.74. The minimum absolute atomic E-state index is 0.204. The molecule has 1 N–H and O–H groups in total. The third-order valence-electron chi connectivity index (χ3n) is 4.70. The molecule has 0 radical (unpaired) electrons. The Labute approximate surface area is 145 Å². The number of carboxylic acid groups (broad SMARTS) is 1. The molecule has 1 aromatic heterocycles. The highest BCUT2D eigenvalue weighted by atomic mass is 19.1. The van der Waals surface area contributed by atoms with E-state index in [2.05, 4.69) is 15.0 Å². The molecule has 1 aromatic carbocycles. The highest BCUT2D eigenvalue weighted by molar-refractivity contribution is 5.70. The predicted molar refractivity (Wildman–Crippen MR) is 89.5 cm³/mol.